The fraction of sp³-hybridized carbons (Fsp3) is 0.478. The Bertz CT molecular complexity index is 1450. The van der Waals surface area contributed by atoms with Crippen molar-refractivity contribution in [1.82, 2.24) is 34.9 Å². The van der Waals surface area contributed by atoms with Crippen LogP contribution in [-0.4, -0.2) is 80.5 Å². The number of aromatic amines is 2. The Morgan fingerprint density at radius 3 is 2.94 bits per heavy atom. The number of nitrogens with zero attached hydrogens (tertiary/aromatic N) is 5. The standard InChI is InChI=1S/C23H26N8O2S/c1-30-4-6-31(7-5-30)23(11-33-23)14-2-3-15-17(9-14)34-22-18(15)20(24-12-25-22)27-16-8-13-10-26-29-19(13)28-21(16)32/h8,10,12,14H,2-7,9,11H2,1H3,(H,24,25,27)(H2,26,28,29,32). The lowest BCUT2D eigenvalue weighted by molar-refractivity contribution is -0.00690. The molecule has 2 saturated heterocycles. The van der Waals surface area contributed by atoms with E-state index in [0.717, 1.165) is 67.7 Å². The van der Waals surface area contributed by atoms with E-state index in [9.17, 15) is 4.79 Å². The molecule has 11 heteroatoms. The molecule has 7 rings (SSSR count). The highest BCUT2D eigenvalue weighted by Gasteiger charge is 2.56. The molecule has 0 spiro atoms. The van der Waals surface area contributed by atoms with Gasteiger partial charge in [0.05, 0.1) is 18.2 Å². The first-order chi connectivity index (χ1) is 16.6. The quantitative estimate of drug-likeness (QED) is 0.382. The zero-order valence-electron chi connectivity index (χ0n) is 18.9. The van der Waals surface area contributed by atoms with E-state index in [1.807, 2.05) is 0 Å². The number of rotatable bonds is 4. The lowest BCUT2D eigenvalue weighted by Crippen LogP contribution is -2.54. The zero-order chi connectivity index (χ0) is 22.9. The molecular formula is C23H26N8O2S. The summed E-state index contributed by atoms with van der Waals surface area (Å²) in [5, 5.41) is 11.9. The number of likely N-dealkylation sites (N-methyl/N-ethyl adjacent to an activating group) is 1. The molecule has 2 atom stereocenters. The Morgan fingerprint density at radius 2 is 2.12 bits per heavy atom. The lowest BCUT2D eigenvalue weighted by Gasteiger charge is -2.40. The molecule has 0 radical (unpaired) electrons. The average molecular weight is 479 g/mol. The molecule has 0 bridgehead atoms. The Morgan fingerprint density at radius 1 is 1.26 bits per heavy atom. The number of nitrogens with one attached hydrogen (secondary N) is 3. The molecule has 0 aromatic carbocycles. The molecule has 176 valence electrons. The second kappa shape index (κ2) is 7.57. The fourth-order valence-corrected chi connectivity index (χ4v) is 6.92. The molecule has 10 nitrogen and oxygen atoms in total. The Kier molecular flexibility index (Phi) is 4.57. The summed E-state index contributed by atoms with van der Waals surface area (Å²) in [7, 11) is 2.19. The largest absolute Gasteiger partial charge is 0.353 e. The number of piperazine rings is 1. The van der Waals surface area contributed by atoms with Gasteiger partial charge in [-0.25, -0.2) is 9.97 Å². The van der Waals surface area contributed by atoms with Crippen LogP contribution in [0.4, 0.5) is 11.5 Å². The highest BCUT2D eigenvalue weighted by Crippen LogP contribution is 2.48. The minimum absolute atomic E-state index is 0.0881. The van der Waals surface area contributed by atoms with Crippen LogP contribution in [0, 0.1) is 5.92 Å². The van der Waals surface area contributed by atoms with E-state index in [1.165, 1.54) is 10.4 Å². The van der Waals surface area contributed by atoms with Crippen LogP contribution in [0.25, 0.3) is 21.3 Å². The minimum atomic E-state index is -0.215. The van der Waals surface area contributed by atoms with Crippen molar-refractivity contribution in [2.45, 2.75) is 25.0 Å². The van der Waals surface area contributed by atoms with Crippen molar-refractivity contribution in [1.29, 1.82) is 0 Å². The summed E-state index contributed by atoms with van der Waals surface area (Å²) in [4.78, 5) is 31.8. The molecule has 3 aliphatic rings. The van der Waals surface area contributed by atoms with Crippen LogP contribution in [-0.2, 0) is 17.6 Å². The molecule has 6 heterocycles. The Hall–Kier alpha value is -2.86. The Balaban J connectivity index is 1.20. The normalized spacial score (nSPS) is 25.6. The van der Waals surface area contributed by atoms with Gasteiger partial charge in [-0.05, 0) is 37.9 Å². The molecular weight excluding hydrogens is 452 g/mol. The van der Waals surface area contributed by atoms with Crippen molar-refractivity contribution in [2.24, 2.45) is 5.92 Å². The van der Waals surface area contributed by atoms with Gasteiger partial charge in [-0.3, -0.25) is 14.8 Å². The summed E-state index contributed by atoms with van der Waals surface area (Å²) in [6, 6.07) is 1.80. The molecule has 1 aliphatic carbocycles. The van der Waals surface area contributed by atoms with Crippen molar-refractivity contribution < 1.29 is 4.74 Å². The van der Waals surface area contributed by atoms with E-state index in [1.54, 1.807) is 29.9 Å². The van der Waals surface area contributed by atoms with Gasteiger partial charge >= 0.3 is 0 Å². The third-order valence-corrected chi connectivity index (χ3v) is 8.83. The van der Waals surface area contributed by atoms with Gasteiger partial charge in [-0.2, -0.15) is 5.10 Å². The maximum absolute atomic E-state index is 12.6. The van der Waals surface area contributed by atoms with Crippen LogP contribution in [0.15, 0.2) is 23.4 Å². The third kappa shape index (κ3) is 3.18. The number of anilines is 2. The predicted octanol–water partition coefficient (Wildman–Crippen LogP) is 2.08. The highest BCUT2D eigenvalue weighted by molar-refractivity contribution is 7.19. The van der Waals surface area contributed by atoms with Gasteiger partial charge < -0.3 is 19.9 Å². The number of hydrogen-bond acceptors (Lipinski definition) is 9. The SMILES string of the molecule is CN1CCN(C2(C3CCc4c(sc5ncnc(Nc6cc7cn[nH]c7[nH]c6=O)c45)C3)CO2)CC1. The van der Waals surface area contributed by atoms with Gasteiger partial charge in [-0.15, -0.1) is 11.3 Å². The van der Waals surface area contributed by atoms with E-state index in [-0.39, 0.29) is 11.3 Å². The summed E-state index contributed by atoms with van der Waals surface area (Å²) in [6.07, 6.45) is 6.32. The number of aromatic nitrogens is 5. The lowest BCUT2D eigenvalue weighted by atomic mass is 9.82. The van der Waals surface area contributed by atoms with E-state index >= 15 is 0 Å². The molecule has 34 heavy (non-hydrogen) atoms. The highest BCUT2D eigenvalue weighted by atomic mass is 32.1. The minimum Gasteiger partial charge on any atom is -0.353 e. The van der Waals surface area contributed by atoms with E-state index in [2.05, 4.69) is 47.3 Å². The molecule has 4 aromatic rings. The summed E-state index contributed by atoms with van der Waals surface area (Å²) in [5.41, 5.74) is 2.07. The maximum Gasteiger partial charge on any atom is 0.273 e. The van der Waals surface area contributed by atoms with Gasteiger partial charge in [0.15, 0.2) is 0 Å². The molecule has 0 amide bonds. The molecule has 2 fully saturated rings. The number of aryl methyl sites for hydroxylation is 1. The van der Waals surface area contributed by atoms with E-state index < -0.39 is 0 Å². The summed E-state index contributed by atoms with van der Waals surface area (Å²) >= 11 is 1.75. The number of fused-ring (bicyclic) bond motifs is 4. The second-order valence-corrected chi connectivity index (χ2v) is 10.7. The van der Waals surface area contributed by atoms with Crippen molar-refractivity contribution in [3.8, 4) is 0 Å². The van der Waals surface area contributed by atoms with Crippen molar-refractivity contribution in [3.05, 3.63) is 39.4 Å². The number of pyridine rings is 1. The molecule has 2 unspecified atom stereocenters. The fourth-order valence-electron chi connectivity index (χ4n) is 5.65. The zero-order valence-corrected chi connectivity index (χ0v) is 19.7. The summed E-state index contributed by atoms with van der Waals surface area (Å²) in [6.45, 7) is 5.18. The molecule has 0 saturated carbocycles. The second-order valence-electron chi connectivity index (χ2n) is 9.61. The summed E-state index contributed by atoms with van der Waals surface area (Å²) < 4.78 is 6.17. The van der Waals surface area contributed by atoms with Crippen molar-refractivity contribution in [3.63, 3.8) is 0 Å². The van der Waals surface area contributed by atoms with Gasteiger partial charge in [0.2, 0.25) is 0 Å². The first-order valence-corrected chi connectivity index (χ1v) is 12.6. The Labute approximate surface area is 199 Å². The molecule has 2 aliphatic heterocycles. The van der Waals surface area contributed by atoms with Crippen LogP contribution in [0.1, 0.15) is 16.9 Å². The summed E-state index contributed by atoms with van der Waals surface area (Å²) in [5.74, 6) is 1.18. The van der Waals surface area contributed by atoms with Crippen LogP contribution in [0.5, 0.6) is 0 Å². The molecule has 4 aromatic heterocycles. The third-order valence-electron chi connectivity index (χ3n) is 7.67. The number of ether oxygens (including phenoxy) is 1. The van der Waals surface area contributed by atoms with Crippen LogP contribution in [0.3, 0.4) is 0 Å². The monoisotopic (exact) mass is 478 g/mol. The van der Waals surface area contributed by atoms with Gasteiger partial charge in [0.1, 0.15) is 34.0 Å². The van der Waals surface area contributed by atoms with Crippen LogP contribution in [0.2, 0.25) is 0 Å². The van der Waals surface area contributed by atoms with Crippen molar-refractivity contribution in [2.75, 3.05) is 45.2 Å². The van der Waals surface area contributed by atoms with Crippen LogP contribution >= 0.6 is 11.3 Å². The average Bonchev–Trinajstić information content (AvgIpc) is 3.38. The van der Waals surface area contributed by atoms with E-state index in [4.69, 9.17) is 4.74 Å². The van der Waals surface area contributed by atoms with Gasteiger partial charge in [0, 0.05) is 42.4 Å². The maximum atomic E-state index is 12.6. The smallest absolute Gasteiger partial charge is 0.273 e. The first kappa shape index (κ1) is 20.5. The number of epoxide rings is 1. The van der Waals surface area contributed by atoms with Crippen molar-refractivity contribution >= 4 is 44.1 Å². The number of hydrogen-bond donors (Lipinski definition) is 3. The van der Waals surface area contributed by atoms with E-state index in [0.29, 0.717) is 23.1 Å². The number of thiophene rings is 1. The van der Waals surface area contributed by atoms with Gasteiger partial charge in [0.25, 0.3) is 5.56 Å². The predicted molar refractivity (Wildman–Crippen MR) is 131 cm³/mol. The first-order valence-electron chi connectivity index (χ1n) is 11.8. The topological polar surface area (TPSA) is 118 Å². The molecule has 3 N–H and O–H groups in total. The van der Waals surface area contributed by atoms with Crippen LogP contribution < -0.4 is 10.9 Å². The number of H-pyrrole nitrogens is 2. The van der Waals surface area contributed by atoms with Gasteiger partial charge in [-0.1, -0.05) is 0 Å².